The summed E-state index contributed by atoms with van der Waals surface area (Å²) in [6.45, 7) is 5.74. The number of hydrogen-bond donors (Lipinski definition) is 2. The van der Waals surface area contributed by atoms with Gasteiger partial charge in [-0.2, -0.15) is 0 Å². The van der Waals surface area contributed by atoms with E-state index in [1.54, 1.807) is 6.20 Å². The molecule has 0 unspecified atom stereocenters. The van der Waals surface area contributed by atoms with Crippen molar-refractivity contribution in [1.29, 1.82) is 0 Å². The molecule has 1 fully saturated rings. The van der Waals surface area contributed by atoms with E-state index in [2.05, 4.69) is 20.5 Å². The molecule has 0 saturated carbocycles. The first-order chi connectivity index (χ1) is 10.8. The third kappa shape index (κ3) is 5.72. The number of halogens is 2. The van der Waals surface area contributed by atoms with Crippen molar-refractivity contribution in [3.8, 4) is 10.6 Å². The molecule has 1 amide bonds. The number of piperazine rings is 1. The second-order valence-electron chi connectivity index (χ2n) is 5.24. The molecule has 0 spiro atoms. The van der Waals surface area contributed by atoms with Gasteiger partial charge in [0.1, 0.15) is 9.88 Å². The van der Waals surface area contributed by atoms with Crippen molar-refractivity contribution >= 4 is 42.1 Å². The maximum atomic E-state index is 12.2. The number of thiazole rings is 1. The van der Waals surface area contributed by atoms with E-state index in [0.717, 1.165) is 43.3 Å². The lowest BCUT2D eigenvalue weighted by atomic mass is 10.2. The fourth-order valence-electron chi connectivity index (χ4n) is 2.44. The number of nitrogens with one attached hydrogen (secondary N) is 2. The van der Waals surface area contributed by atoms with Crippen LogP contribution in [0, 0.1) is 0 Å². The van der Waals surface area contributed by atoms with Gasteiger partial charge in [-0.1, -0.05) is 30.3 Å². The smallest absolute Gasteiger partial charge is 0.263 e. The summed E-state index contributed by atoms with van der Waals surface area (Å²) in [6.07, 6.45) is 1.66. The highest BCUT2D eigenvalue weighted by Gasteiger charge is 2.13. The third-order valence-corrected chi connectivity index (χ3v) is 4.72. The van der Waals surface area contributed by atoms with Gasteiger partial charge in [0.05, 0.1) is 6.20 Å². The van der Waals surface area contributed by atoms with Crippen molar-refractivity contribution in [3.63, 3.8) is 0 Å². The Morgan fingerprint density at radius 3 is 2.62 bits per heavy atom. The molecule has 2 N–H and O–H groups in total. The van der Waals surface area contributed by atoms with E-state index in [4.69, 9.17) is 0 Å². The summed E-state index contributed by atoms with van der Waals surface area (Å²) in [6, 6.07) is 9.94. The molecule has 2 heterocycles. The minimum Gasteiger partial charge on any atom is -0.350 e. The average molecular weight is 389 g/mol. The van der Waals surface area contributed by atoms with E-state index in [-0.39, 0.29) is 30.7 Å². The van der Waals surface area contributed by atoms with Crippen molar-refractivity contribution in [2.24, 2.45) is 0 Å². The summed E-state index contributed by atoms with van der Waals surface area (Å²) in [5, 5.41) is 7.19. The minimum atomic E-state index is -0.0326. The predicted octanol–water partition coefficient (Wildman–Crippen LogP) is 2.29. The zero-order valence-electron chi connectivity index (χ0n) is 13.2. The zero-order valence-corrected chi connectivity index (χ0v) is 15.7. The van der Waals surface area contributed by atoms with E-state index < -0.39 is 0 Å². The number of rotatable bonds is 5. The zero-order chi connectivity index (χ0) is 15.2. The third-order valence-electron chi connectivity index (χ3n) is 3.67. The second-order valence-corrected chi connectivity index (χ2v) is 6.27. The SMILES string of the molecule is Cl.Cl.O=C(NCCN1CCNCC1)c1cnc(-c2ccccc2)s1. The minimum absolute atomic E-state index is 0. The molecule has 0 bridgehead atoms. The van der Waals surface area contributed by atoms with E-state index in [0.29, 0.717) is 11.4 Å². The van der Waals surface area contributed by atoms with E-state index in [1.807, 2.05) is 30.3 Å². The normalized spacial score (nSPS) is 14.3. The molecule has 132 valence electrons. The molecule has 1 aliphatic heterocycles. The number of carbonyl (C=O) groups excluding carboxylic acids is 1. The molecule has 0 radical (unpaired) electrons. The Hall–Kier alpha value is -1.18. The van der Waals surface area contributed by atoms with Crippen LogP contribution in [0.1, 0.15) is 9.67 Å². The molecule has 0 atom stereocenters. The van der Waals surface area contributed by atoms with Gasteiger partial charge in [0.25, 0.3) is 5.91 Å². The molecular weight excluding hydrogens is 367 g/mol. The maximum absolute atomic E-state index is 12.2. The van der Waals surface area contributed by atoms with Gasteiger partial charge >= 0.3 is 0 Å². The Kier molecular flexibility index (Phi) is 9.25. The van der Waals surface area contributed by atoms with Crippen LogP contribution in [0.15, 0.2) is 36.5 Å². The van der Waals surface area contributed by atoms with Gasteiger partial charge in [-0.05, 0) is 0 Å². The van der Waals surface area contributed by atoms with Gasteiger partial charge < -0.3 is 10.6 Å². The maximum Gasteiger partial charge on any atom is 0.263 e. The van der Waals surface area contributed by atoms with Crippen LogP contribution in [-0.4, -0.2) is 55.1 Å². The summed E-state index contributed by atoms with van der Waals surface area (Å²) in [7, 11) is 0. The number of amides is 1. The van der Waals surface area contributed by atoms with Gasteiger partial charge in [-0.15, -0.1) is 36.2 Å². The Labute approximate surface area is 158 Å². The molecule has 5 nitrogen and oxygen atoms in total. The van der Waals surface area contributed by atoms with Crippen LogP contribution < -0.4 is 10.6 Å². The molecule has 1 aromatic carbocycles. The highest BCUT2D eigenvalue weighted by atomic mass is 35.5. The summed E-state index contributed by atoms with van der Waals surface area (Å²) < 4.78 is 0. The summed E-state index contributed by atoms with van der Waals surface area (Å²) >= 11 is 1.43. The van der Waals surface area contributed by atoms with E-state index >= 15 is 0 Å². The van der Waals surface area contributed by atoms with Crippen LogP contribution in [-0.2, 0) is 0 Å². The van der Waals surface area contributed by atoms with Crippen LogP contribution >= 0.6 is 36.2 Å². The first-order valence-corrected chi connectivity index (χ1v) is 8.37. The van der Waals surface area contributed by atoms with Gasteiger partial charge in [0, 0.05) is 44.8 Å². The lowest BCUT2D eigenvalue weighted by molar-refractivity contribution is 0.0951. The van der Waals surface area contributed by atoms with Gasteiger partial charge in [0.2, 0.25) is 0 Å². The van der Waals surface area contributed by atoms with Crippen molar-refractivity contribution in [2.45, 2.75) is 0 Å². The number of benzene rings is 1. The first-order valence-electron chi connectivity index (χ1n) is 7.55. The molecule has 0 aliphatic carbocycles. The molecule has 1 aliphatic rings. The molecule has 2 aromatic rings. The summed E-state index contributed by atoms with van der Waals surface area (Å²) in [5.74, 6) is -0.0326. The van der Waals surface area contributed by atoms with E-state index in [1.165, 1.54) is 11.3 Å². The fourth-order valence-corrected chi connectivity index (χ4v) is 3.28. The van der Waals surface area contributed by atoms with Crippen molar-refractivity contribution < 1.29 is 4.79 Å². The molecule has 8 heteroatoms. The second kappa shape index (κ2) is 10.6. The molecule has 24 heavy (non-hydrogen) atoms. The largest absolute Gasteiger partial charge is 0.350 e. The fraction of sp³-hybridized carbons (Fsp3) is 0.375. The van der Waals surface area contributed by atoms with Crippen LogP contribution in [0.25, 0.3) is 10.6 Å². The Bertz CT molecular complexity index is 618. The highest BCUT2D eigenvalue weighted by Crippen LogP contribution is 2.24. The Balaban J connectivity index is 0.00000144. The van der Waals surface area contributed by atoms with Crippen molar-refractivity contribution in [1.82, 2.24) is 20.5 Å². The molecule has 1 aromatic heterocycles. The quantitative estimate of drug-likeness (QED) is 0.824. The van der Waals surface area contributed by atoms with E-state index in [9.17, 15) is 4.79 Å². The number of hydrogen-bond acceptors (Lipinski definition) is 5. The number of carbonyl (C=O) groups is 1. The van der Waals surface area contributed by atoms with Crippen molar-refractivity contribution in [3.05, 3.63) is 41.4 Å². The van der Waals surface area contributed by atoms with Gasteiger partial charge in [0.15, 0.2) is 0 Å². The Morgan fingerprint density at radius 1 is 1.21 bits per heavy atom. The average Bonchev–Trinajstić information content (AvgIpc) is 3.07. The molecular formula is C16H22Cl2N4OS. The summed E-state index contributed by atoms with van der Waals surface area (Å²) in [5.41, 5.74) is 1.05. The van der Waals surface area contributed by atoms with Crippen LogP contribution in [0.2, 0.25) is 0 Å². The van der Waals surface area contributed by atoms with Crippen LogP contribution in [0.3, 0.4) is 0 Å². The standard InChI is InChI=1S/C16H20N4OS.2ClH/c21-15(18-8-11-20-9-6-17-7-10-20)14-12-19-16(22-14)13-4-2-1-3-5-13;;/h1-5,12,17H,6-11H2,(H,18,21);2*1H. The predicted molar refractivity (Wildman–Crippen MR) is 104 cm³/mol. The van der Waals surface area contributed by atoms with Gasteiger partial charge in [-0.25, -0.2) is 4.98 Å². The molecule has 1 saturated heterocycles. The summed E-state index contributed by atoms with van der Waals surface area (Å²) in [4.78, 5) is 19.5. The first kappa shape index (κ1) is 20.9. The Morgan fingerprint density at radius 2 is 1.92 bits per heavy atom. The van der Waals surface area contributed by atoms with Crippen LogP contribution in [0.5, 0.6) is 0 Å². The highest BCUT2D eigenvalue weighted by molar-refractivity contribution is 7.16. The monoisotopic (exact) mass is 388 g/mol. The topological polar surface area (TPSA) is 57.3 Å². The van der Waals surface area contributed by atoms with Gasteiger partial charge in [-0.3, -0.25) is 9.69 Å². The lowest BCUT2D eigenvalue weighted by Crippen LogP contribution is -2.46. The number of aromatic nitrogens is 1. The van der Waals surface area contributed by atoms with Crippen molar-refractivity contribution in [2.75, 3.05) is 39.3 Å². The van der Waals surface area contributed by atoms with Crippen LogP contribution in [0.4, 0.5) is 0 Å². The number of nitrogens with zero attached hydrogens (tertiary/aromatic N) is 2. The molecule has 3 rings (SSSR count). The lowest BCUT2D eigenvalue weighted by Gasteiger charge is -2.26.